The molecule has 0 spiro atoms. The molecule has 1 N–H and O–H groups in total. The molecule has 5 nitrogen and oxygen atoms in total. The molecule has 1 aromatic carbocycles. The van der Waals surface area contributed by atoms with Gasteiger partial charge in [0.15, 0.2) is 0 Å². The molecule has 0 fully saturated rings. The highest BCUT2D eigenvalue weighted by Gasteiger charge is 2.34. The Morgan fingerprint density at radius 3 is 2.33 bits per heavy atom. The van der Waals surface area contributed by atoms with E-state index in [0.29, 0.717) is 23.0 Å². The second kappa shape index (κ2) is 6.91. The van der Waals surface area contributed by atoms with Crippen LogP contribution >= 0.6 is 0 Å². The van der Waals surface area contributed by atoms with Crippen LogP contribution in [-0.4, -0.2) is 20.8 Å². The largest absolute Gasteiger partial charge is 0.417 e. The number of aliphatic imine (C=N–C) groups is 1. The molecule has 1 aliphatic carbocycles. The van der Waals surface area contributed by atoms with E-state index < -0.39 is 11.7 Å². The van der Waals surface area contributed by atoms with E-state index in [1.165, 1.54) is 18.2 Å². The number of hydrogen-bond acceptors (Lipinski definition) is 4. The molecule has 5 rings (SSSR count). The van der Waals surface area contributed by atoms with Crippen LogP contribution in [0.1, 0.15) is 5.56 Å². The zero-order valence-electron chi connectivity index (χ0n) is 15.4. The number of benzene rings is 1. The molecular weight excluding hydrogens is 391 g/mol. The van der Waals surface area contributed by atoms with Crippen LogP contribution in [0, 0.1) is 5.92 Å². The molecule has 8 heteroatoms. The van der Waals surface area contributed by atoms with Gasteiger partial charge in [0.25, 0.3) is 5.95 Å². The van der Waals surface area contributed by atoms with Gasteiger partial charge in [0.2, 0.25) is 0 Å². The van der Waals surface area contributed by atoms with Crippen molar-refractivity contribution in [1.29, 1.82) is 0 Å². The highest BCUT2D eigenvalue weighted by atomic mass is 19.4. The van der Waals surface area contributed by atoms with Crippen molar-refractivity contribution in [2.24, 2.45) is 10.9 Å². The first kappa shape index (κ1) is 18.2. The summed E-state index contributed by atoms with van der Waals surface area (Å²) in [6.07, 6.45) is 4.64. The molecule has 2 aromatic heterocycles. The van der Waals surface area contributed by atoms with Gasteiger partial charge < -0.3 is 5.32 Å². The van der Waals surface area contributed by atoms with E-state index in [9.17, 15) is 13.2 Å². The van der Waals surface area contributed by atoms with Crippen molar-refractivity contribution < 1.29 is 13.2 Å². The SMILES string of the molecule is FC(F)(F)c1ccccc1-c1cc(-c2ccncc2)nc(N=C2C=C(C3C=C3)N2)n1. The number of pyridine rings is 1. The first-order valence-electron chi connectivity index (χ1n) is 9.19. The number of halogens is 3. The smallest absolute Gasteiger partial charge is 0.343 e. The Hall–Kier alpha value is -3.81. The first-order valence-corrected chi connectivity index (χ1v) is 9.19. The minimum Gasteiger partial charge on any atom is -0.343 e. The highest BCUT2D eigenvalue weighted by Crippen LogP contribution is 2.37. The molecule has 3 aromatic rings. The maximum atomic E-state index is 13.6. The Labute approximate surface area is 169 Å². The molecule has 0 saturated heterocycles. The standard InChI is InChI=1S/C22H14F3N5/c23-22(24,25)16-4-2-1-3-15(16)19-11-17(14-7-9-26-10-8-14)28-21(29-19)30-20-12-18(27-20)13-5-6-13/h1-13H,(H,27,28,29,30). The van der Waals surface area contributed by atoms with E-state index in [-0.39, 0.29) is 17.2 Å². The van der Waals surface area contributed by atoms with E-state index in [1.54, 1.807) is 30.6 Å². The normalized spacial score (nSPS) is 16.8. The number of alkyl halides is 3. The molecule has 0 unspecified atom stereocenters. The zero-order chi connectivity index (χ0) is 20.7. The number of rotatable bonds is 4. The molecule has 30 heavy (non-hydrogen) atoms. The number of aromatic nitrogens is 3. The van der Waals surface area contributed by atoms with Gasteiger partial charge in [-0.1, -0.05) is 30.4 Å². The Morgan fingerprint density at radius 2 is 1.63 bits per heavy atom. The van der Waals surface area contributed by atoms with Gasteiger partial charge in [0, 0.05) is 41.2 Å². The summed E-state index contributed by atoms with van der Waals surface area (Å²) in [6, 6.07) is 10.3. The Morgan fingerprint density at radius 1 is 0.933 bits per heavy atom. The van der Waals surface area contributed by atoms with Crippen molar-refractivity contribution in [2.75, 3.05) is 0 Å². The van der Waals surface area contributed by atoms with Gasteiger partial charge in [0.1, 0.15) is 5.84 Å². The van der Waals surface area contributed by atoms with Gasteiger partial charge in [-0.25, -0.2) is 9.97 Å². The molecule has 2 aliphatic rings. The average molecular weight is 405 g/mol. The molecule has 3 heterocycles. The number of allylic oxidation sites excluding steroid dienone is 1. The van der Waals surface area contributed by atoms with E-state index in [2.05, 4.69) is 25.3 Å². The summed E-state index contributed by atoms with van der Waals surface area (Å²) in [6.45, 7) is 0. The van der Waals surface area contributed by atoms with Crippen molar-refractivity contribution in [3.8, 4) is 22.5 Å². The minimum absolute atomic E-state index is 0.0239. The third-order valence-electron chi connectivity index (χ3n) is 4.73. The Bertz CT molecular complexity index is 1210. The van der Waals surface area contributed by atoms with Crippen LogP contribution in [0.2, 0.25) is 0 Å². The second-order valence-electron chi connectivity index (χ2n) is 6.85. The van der Waals surface area contributed by atoms with E-state index in [1.807, 2.05) is 18.2 Å². The fraction of sp³-hybridized carbons (Fsp3) is 0.0909. The Kier molecular flexibility index (Phi) is 4.20. The van der Waals surface area contributed by atoms with Crippen LogP contribution in [0.5, 0.6) is 0 Å². The summed E-state index contributed by atoms with van der Waals surface area (Å²) < 4.78 is 40.7. The third-order valence-corrected chi connectivity index (χ3v) is 4.73. The van der Waals surface area contributed by atoms with Crippen LogP contribution in [0.15, 0.2) is 83.8 Å². The van der Waals surface area contributed by atoms with Crippen LogP contribution in [0.25, 0.3) is 22.5 Å². The summed E-state index contributed by atoms with van der Waals surface area (Å²) in [4.78, 5) is 17.1. The first-order chi connectivity index (χ1) is 14.5. The molecule has 0 atom stereocenters. The predicted octanol–water partition coefficient (Wildman–Crippen LogP) is 4.93. The lowest BCUT2D eigenvalue weighted by Crippen LogP contribution is -2.32. The molecule has 0 saturated carbocycles. The Balaban J connectivity index is 1.62. The fourth-order valence-electron chi connectivity index (χ4n) is 3.15. The quantitative estimate of drug-likeness (QED) is 0.626. The van der Waals surface area contributed by atoms with Gasteiger partial charge in [-0.15, -0.1) is 0 Å². The predicted molar refractivity (Wildman–Crippen MR) is 107 cm³/mol. The van der Waals surface area contributed by atoms with Crippen molar-refractivity contribution in [3.63, 3.8) is 0 Å². The maximum absolute atomic E-state index is 13.6. The van der Waals surface area contributed by atoms with Crippen LogP contribution in [-0.2, 0) is 6.18 Å². The number of nitrogens with one attached hydrogen (secondary N) is 1. The van der Waals surface area contributed by atoms with Crippen molar-refractivity contribution in [1.82, 2.24) is 20.3 Å². The lowest BCUT2D eigenvalue weighted by Gasteiger charge is -2.19. The summed E-state index contributed by atoms with van der Waals surface area (Å²) in [5.41, 5.74) is 1.57. The van der Waals surface area contributed by atoms with E-state index >= 15 is 0 Å². The van der Waals surface area contributed by atoms with Gasteiger partial charge in [-0.3, -0.25) is 4.98 Å². The third kappa shape index (κ3) is 3.59. The van der Waals surface area contributed by atoms with E-state index in [4.69, 9.17) is 0 Å². The van der Waals surface area contributed by atoms with Gasteiger partial charge >= 0.3 is 6.18 Å². The van der Waals surface area contributed by atoms with Gasteiger partial charge in [-0.2, -0.15) is 18.2 Å². The number of amidine groups is 1. The van der Waals surface area contributed by atoms with Gasteiger partial charge in [-0.05, 0) is 24.3 Å². The van der Waals surface area contributed by atoms with Gasteiger partial charge in [0.05, 0.1) is 17.0 Å². The number of hydrogen-bond donors (Lipinski definition) is 1. The minimum atomic E-state index is -4.51. The maximum Gasteiger partial charge on any atom is 0.417 e. The topological polar surface area (TPSA) is 63.1 Å². The fourth-order valence-corrected chi connectivity index (χ4v) is 3.15. The second-order valence-corrected chi connectivity index (χ2v) is 6.85. The highest BCUT2D eigenvalue weighted by molar-refractivity contribution is 6.02. The molecular formula is C22H14F3N5. The van der Waals surface area contributed by atoms with Crippen LogP contribution in [0.3, 0.4) is 0 Å². The molecule has 148 valence electrons. The monoisotopic (exact) mass is 405 g/mol. The van der Waals surface area contributed by atoms with Crippen LogP contribution in [0.4, 0.5) is 19.1 Å². The molecule has 1 aliphatic heterocycles. The zero-order valence-corrected chi connectivity index (χ0v) is 15.4. The van der Waals surface area contributed by atoms with Crippen molar-refractivity contribution >= 4 is 11.8 Å². The summed E-state index contributed by atoms with van der Waals surface area (Å²) in [5, 5.41) is 3.12. The molecule has 0 amide bonds. The molecule has 0 radical (unpaired) electrons. The lowest BCUT2D eigenvalue weighted by atomic mass is 10.0. The van der Waals surface area contributed by atoms with Crippen molar-refractivity contribution in [3.05, 3.63) is 84.3 Å². The number of nitrogens with zero attached hydrogens (tertiary/aromatic N) is 4. The van der Waals surface area contributed by atoms with Crippen molar-refractivity contribution in [2.45, 2.75) is 6.18 Å². The van der Waals surface area contributed by atoms with E-state index in [0.717, 1.165) is 11.8 Å². The lowest BCUT2D eigenvalue weighted by molar-refractivity contribution is -0.137. The average Bonchev–Trinajstić information content (AvgIpc) is 3.55. The van der Waals surface area contributed by atoms with Crippen LogP contribution < -0.4 is 5.32 Å². The summed E-state index contributed by atoms with van der Waals surface area (Å²) >= 11 is 0. The summed E-state index contributed by atoms with van der Waals surface area (Å²) in [7, 11) is 0. The molecule has 0 bridgehead atoms. The summed E-state index contributed by atoms with van der Waals surface area (Å²) in [5.74, 6) is 0.973.